The lowest BCUT2D eigenvalue weighted by Gasteiger charge is -2.13. The maximum atomic E-state index is 12.0. The van der Waals surface area contributed by atoms with Gasteiger partial charge >= 0.3 is 12.4 Å². The second kappa shape index (κ2) is 7.37. The van der Waals surface area contributed by atoms with Crippen LogP contribution in [-0.4, -0.2) is 31.5 Å². The molecule has 1 fully saturated rings. The number of benzene rings is 1. The monoisotopic (exact) mass is 325 g/mol. The minimum Gasteiger partial charge on any atom is -0.406 e. The number of halogens is 4. The van der Waals surface area contributed by atoms with Crippen molar-refractivity contribution in [3.63, 3.8) is 0 Å². The zero-order chi connectivity index (χ0) is 14.6. The van der Waals surface area contributed by atoms with Crippen LogP contribution >= 0.6 is 12.4 Å². The van der Waals surface area contributed by atoms with Crippen molar-refractivity contribution in [3.8, 4) is 5.75 Å². The van der Waals surface area contributed by atoms with Gasteiger partial charge in [-0.2, -0.15) is 0 Å². The highest BCUT2D eigenvalue weighted by Gasteiger charge is 2.30. The molecule has 1 unspecified atom stereocenters. The molecule has 1 saturated heterocycles. The molecule has 118 valence electrons. The predicted octanol–water partition coefficient (Wildman–Crippen LogP) is 2.49. The normalized spacial score (nSPS) is 17.8. The van der Waals surface area contributed by atoms with Gasteiger partial charge in [0.1, 0.15) is 5.75 Å². The van der Waals surface area contributed by atoms with E-state index in [0.29, 0.717) is 12.2 Å². The van der Waals surface area contributed by atoms with Crippen LogP contribution in [0.25, 0.3) is 0 Å². The molecule has 0 saturated carbocycles. The molecule has 5 nitrogen and oxygen atoms in total. The molecule has 21 heavy (non-hydrogen) atoms. The number of amides is 2. The average Bonchev–Trinajstić information content (AvgIpc) is 2.82. The first-order chi connectivity index (χ1) is 9.42. The van der Waals surface area contributed by atoms with Gasteiger partial charge in [0, 0.05) is 18.3 Å². The fourth-order valence-electron chi connectivity index (χ4n) is 1.87. The van der Waals surface area contributed by atoms with E-state index in [9.17, 15) is 18.0 Å². The Balaban J connectivity index is 0.00000220. The topological polar surface area (TPSA) is 62.4 Å². The zero-order valence-electron chi connectivity index (χ0n) is 10.9. The van der Waals surface area contributed by atoms with Crippen molar-refractivity contribution >= 4 is 24.1 Å². The van der Waals surface area contributed by atoms with Crippen molar-refractivity contribution < 1.29 is 22.7 Å². The van der Waals surface area contributed by atoms with Gasteiger partial charge in [0.05, 0.1) is 0 Å². The molecule has 0 bridgehead atoms. The fraction of sp³-hybridized carbons (Fsp3) is 0.417. The molecule has 1 aliphatic heterocycles. The predicted molar refractivity (Wildman–Crippen MR) is 73.8 cm³/mol. The van der Waals surface area contributed by atoms with E-state index in [1.165, 1.54) is 12.1 Å². The van der Waals surface area contributed by atoms with E-state index in [2.05, 4.69) is 20.7 Å². The third kappa shape index (κ3) is 6.09. The Hall–Kier alpha value is -1.67. The summed E-state index contributed by atoms with van der Waals surface area (Å²) in [6, 6.07) is 4.65. The van der Waals surface area contributed by atoms with Crippen molar-refractivity contribution in [1.82, 2.24) is 10.6 Å². The highest BCUT2D eigenvalue weighted by atomic mass is 35.5. The van der Waals surface area contributed by atoms with E-state index >= 15 is 0 Å². The van der Waals surface area contributed by atoms with Crippen LogP contribution in [-0.2, 0) is 0 Å². The summed E-state index contributed by atoms with van der Waals surface area (Å²) < 4.78 is 39.6. The highest BCUT2D eigenvalue weighted by molar-refractivity contribution is 5.89. The van der Waals surface area contributed by atoms with Crippen molar-refractivity contribution in [3.05, 3.63) is 24.3 Å². The maximum absolute atomic E-state index is 12.0. The van der Waals surface area contributed by atoms with Gasteiger partial charge in [-0.15, -0.1) is 25.6 Å². The molecule has 2 rings (SSSR count). The van der Waals surface area contributed by atoms with Crippen LogP contribution in [0.5, 0.6) is 5.75 Å². The Morgan fingerprint density at radius 2 is 1.95 bits per heavy atom. The Kier molecular flexibility index (Phi) is 6.10. The van der Waals surface area contributed by atoms with E-state index in [4.69, 9.17) is 0 Å². The van der Waals surface area contributed by atoms with Crippen molar-refractivity contribution in [2.75, 3.05) is 18.4 Å². The van der Waals surface area contributed by atoms with Gasteiger partial charge in [0.2, 0.25) is 0 Å². The number of carbonyl (C=O) groups excluding carboxylic acids is 1. The van der Waals surface area contributed by atoms with Gasteiger partial charge in [0.15, 0.2) is 0 Å². The van der Waals surface area contributed by atoms with Gasteiger partial charge in [-0.05, 0) is 37.2 Å². The fourth-order valence-corrected chi connectivity index (χ4v) is 1.87. The van der Waals surface area contributed by atoms with E-state index in [1.54, 1.807) is 0 Å². The largest absolute Gasteiger partial charge is 0.573 e. The Bertz CT molecular complexity index is 462. The number of alkyl halides is 3. The number of nitrogens with one attached hydrogen (secondary N) is 3. The summed E-state index contributed by atoms with van der Waals surface area (Å²) in [4.78, 5) is 11.6. The van der Waals surface area contributed by atoms with Crippen LogP contribution in [0.3, 0.4) is 0 Å². The van der Waals surface area contributed by atoms with Gasteiger partial charge in [-0.1, -0.05) is 0 Å². The van der Waals surface area contributed by atoms with Gasteiger partial charge in [-0.25, -0.2) is 4.79 Å². The molecule has 1 aromatic rings. The number of hydrogen-bond donors (Lipinski definition) is 3. The molecule has 0 aromatic heterocycles. The van der Waals surface area contributed by atoms with E-state index in [-0.39, 0.29) is 30.2 Å². The molecule has 1 heterocycles. The molecule has 2 amide bonds. The van der Waals surface area contributed by atoms with Gasteiger partial charge < -0.3 is 20.7 Å². The highest BCUT2D eigenvalue weighted by Crippen LogP contribution is 2.23. The van der Waals surface area contributed by atoms with Crippen molar-refractivity contribution in [2.24, 2.45) is 0 Å². The second-order valence-corrected chi connectivity index (χ2v) is 4.36. The van der Waals surface area contributed by atoms with Crippen LogP contribution in [0, 0.1) is 0 Å². The summed E-state index contributed by atoms with van der Waals surface area (Å²) in [6.45, 7) is 1.57. The summed E-state index contributed by atoms with van der Waals surface area (Å²) in [5, 5.41) is 8.41. The molecule has 0 spiro atoms. The van der Waals surface area contributed by atoms with Gasteiger partial charge in [0.25, 0.3) is 0 Å². The van der Waals surface area contributed by atoms with Crippen LogP contribution in [0.15, 0.2) is 24.3 Å². The minimum absolute atomic E-state index is 0. The quantitative estimate of drug-likeness (QED) is 0.800. The Morgan fingerprint density at radius 3 is 2.48 bits per heavy atom. The lowest BCUT2D eigenvalue weighted by Crippen LogP contribution is -2.39. The molecular weight excluding hydrogens is 311 g/mol. The lowest BCUT2D eigenvalue weighted by atomic mass is 10.2. The third-order valence-electron chi connectivity index (χ3n) is 2.74. The standard InChI is InChI=1S/C12H14F3N3O2.ClH/c13-12(14,15)20-10-3-1-8(2-4-10)17-11(19)18-9-5-6-16-7-9;/h1-4,9,16H,5-7H2,(H2,17,18,19);1H. The lowest BCUT2D eigenvalue weighted by molar-refractivity contribution is -0.274. The Morgan fingerprint density at radius 1 is 1.29 bits per heavy atom. The first-order valence-corrected chi connectivity index (χ1v) is 6.06. The average molecular weight is 326 g/mol. The Labute approximate surface area is 125 Å². The second-order valence-electron chi connectivity index (χ2n) is 4.36. The van der Waals surface area contributed by atoms with Crippen molar-refractivity contribution in [2.45, 2.75) is 18.8 Å². The number of carbonyl (C=O) groups is 1. The molecule has 3 N–H and O–H groups in total. The summed E-state index contributed by atoms with van der Waals surface area (Å²) in [5.74, 6) is -0.330. The van der Waals surface area contributed by atoms with Crippen LogP contribution in [0.4, 0.5) is 23.7 Å². The number of anilines is 1. The molecule has 1 atom stereocenters. The van der Waals surface area contributed by atoms with Crippen LogP contribution in [0.1, 0.15) is 6.42 Å². The first kappa shape index (κ1) is 17.4. The number of urea groups is 1. The van der Waals surface area contributed by atoms with Crippen LogP contribution < -0.4 is 20.7 Å². The smallest absolute Gasteiger partial charge is 0.406 e. The van der Waals surface area contributed by atoms with E-state index in [1.807, 2.05) is 0 Å². The summed E-state index contributed by atoms with van der Waals surface area (Å²) in [5.41, 5.74) is 0.392. The molecule has 0 aliphatic carbocycles. The molecule has 9 heteroatoms. The minimum atomic E-state index is -4.72. The van der Waals surface area contributed by atoms with E-state index < -0.39 is 6.36 Å². The number of hydrogen-bond acceptors (Lipinski definition) is 3. The summed E-state index contributed by atoms with van der Waals surface area (Å²) in [6.07, 6.45) is -3.87. The SMILES string of the molecule is Cl.O=C(Nc1ccc(OC(F)(F)F)cc1)NC1CCNC1. The molecule has 1 aromatic carbocycles. The van der Waals surface area contributed by atoms with Gasteiger partial charge in [-0.3, -0.25) is 0 Å². The van der Waals surface area contributed by atoms with E-state index in [0.717, 1.165) is 25.1 Å². The third-order valence-corrected chi connectivity index (χ3v) is 2.74. The molecule has 0 radical (unpaired) electrons. The van der Waals surface area contributed by atoms with Crippen molar-refractivity contribution in [1.29, 1.82) is 0 Å². The summed E-state index contributed by atoms with van der Waals surface area (Å²) in [7, 11) is 0. The number of ether oxygens (including phenoxy) is 1. The number of rotatable bonds is 3. The zero-order valence-corrected chi connectivity index (χ0v) is 11.7. The van der Waals surface area contributed by atoms with Crippen LogP contribution in [0.2, 0.25) is 0 Å². The first-order valence-electron chi connectivity index (χ1n) is 6.06. The maximum Gasteiger partial charge on any atom is 0.573 e. The molecular formula is C12H15ClF3N3O2. The summed E-state index contributed by atoms with van der Waals surface area (Å²) >= 11 is 0. The molecule has 1 aliphatic rings.